The summed E-state index contributed by atoms with van der Waals surface area (Å²) in [7, 11) is 1.54. The molecule has 0 aliphatic heterocycles. The molecule has 0 bridgehead atoms. The van der Waals surface area contributed by atoms with Gasteiger partial charge >= 0.3 is 5.97 Å². The fraction of sp³-hybridized carbons (Fsp3) is 0.158. The van der Waals surface area contributed by atoms with Crippen molar-refractivity contribution in [2.24, 2.45) is 0 Å². The van der Waals surface area contributed by atoms with Crippen molar-refractivity contribution in [1.82, 2.24) is 0 Å². The lowest BCUT2D eigenvalue weighted by molar-refractivity contribution is -0.111. The van der Waals surface area contributed by atoms with Crippen molar-refractivity contribution in [1.29, 1.82) is 0 Å². The lowest BCUT2D eigenvalue weighted by Gasteiger charge is -2.09. The van der Waals surface area contributed by atoms with Gasteiger partial charge in [-0.3, -0.25) is 4.79 Å². The highest BCUT2D eigenvalue weighted by Gasteiger charge is 2.10. The number of rotatable bonds is 7. The zero-order valence-corrected chi connectivity index (χ0v) is 14.0. The van der Waals surface area contributed by atoms with E-state index in [9.17, 15) is 9.59 Å². The number of hydrogen-bond donors (Lipinski definition) is 2. The first-order valence-corrected chi connectivity index (χ1v) is 7.67. The number of carbonyl (C=O) groups excluding carboxylic acids is 1. The normalized spacial score (nSPS) is 10.5. The molecule has 0 aromatic heterocycles. The first-order chi connectivity index (χ1) is 12.0. The van der Waals surface area contributed by atoms with Gasteiger partial charge in [0.1, 0.15) is 0 Å². The Bertz CT molecular complexity index is 798. The number of para-hydroxylation sites is 1. The van der Waals surface area contributed by atoms with Gasteiger partial charge in [-0.1, -0.05) is 18.2 Å². The van der Waals surface area contributed by atoms with Crippen LogP contribution in [0.4, 0.5) is 5.69 Å². The zero-order chi connectivity index (χ0) is 18.2. The summed E-state index contributed by atoms with van der Waals surface area (Å²) in [6.07, 6.45) is 2.94. The van der Waals surface area contributed by atoms with Gasteiger partial charge in [0, 0.05) is 6.08 Å². The molecule has 0 saturated carbocycles. The lowest BCUT2D eigenvalue weighted by Crippen LogP contribution is -2.11. The van der Waals surface area contributed by atoms with Crippen LogP contribution in [0.2, 0.25) is 0 Å². The van der Waals surface area contributed by atoms with Crippen LogP contribution in [0.25, 0.3) is 6.08 Å². The van der Waals surface area contributed by atoms with Crippen molar-refractivity contribution in [2.75, 3.05) is 19.0 Å². The summed E-state index contributed by atoms with van der Waals surface area (Å²) in [5.41, 5.74) is 1.03. The molecule has 0 heterocycles. The summed E-state index contributed by atoms with van der Waals surface area (Å²) in [6, 6.07) is 11.5. The van der Waals surface area contributed by atoms with Crippen molar-refractivity contribution in [2.45, 2.75) is 6.92 Å². The molecule has 0 aliphatic rings. The van der Waals surface area contributed by atoms with Crippen molar-refractivity contribution < 1.29 is 24.2 Å². The molecule has 0 saturated heterocycles. The lowest BCUT2D eigenvalue weighted by atomic mass is 10.1. The second-order valence-corrected chi connectivity index (χ2v) is 5.02. The molecule has 0 aliphatic carbocycles. The fourth-order valence-electron chi connectivity index (χ4n) is 2.19. The molecule has 130 valence electrons. The number of carboxylic acid groups (broad SMARTS) is 1. The number of amides is 1. The molecular weight excluding hydrogens is 322 g/mol. The van der Waals surface area contributed by atoms with Crippen LogP contribution < -0.4 is 14.8 Å². The summed E-state index contributed by atoms with van der Waals surface area (Å²) in [4.78, 5) is 23.2. The monoisotopic (exact) mass is 341 g/mol. The Labute approximate surface area is 145 Å². The van der Waals surface area contributed by atoms with E-state index in [0.29, 0.717) is 18.1 Å². The average molecular weight is 341 g/mol. The molecule has 2 aromatic rings. The maximum Gasteiger partial charge on any atom is 0.337 e. The number of methoxy groups -OCH3 is 1. The Morgan fingerprint density at radius 1 is 1.16 bits per heavy atom. The minimum absolute atomic E-state index is 0.0342. The van der Waals surface area contributed by atoms with E-state index in [1.807, 2.05) is 6.92 Å². The number of aromatic carboxylic acids is 1. The van der Waals surface area contributed by atoms with E-state index < -0.39 is 11.9 Å². The molecule has 6 nitrogen and oxygen atoms in total. The summed E-state index contributed by atoms with van der Waals surface area (Å²) >= 11 is 0. The second kappa shape index (κ2) is 8.54. The topological polar surface area (TPSA) is 84.9 Å². The molecule has 2 aromatic carbocycles. The molecular formula is C19H19NO5. The van der Waals surface area contributed by atoms with E-state index >= 15 is 0 Å². The van der Waals surface area contributed by atoms with E-state index in [2.05, 4.69) is 5.32 Å². The number of carboxylic acids is 1. The molecule has 0 spiro atoms. The standard InChI is InChI=1S/C19H19NO5/c1-3-25-16-10-8-13(12-17(16)24-2)9-11-18(21)20-15-7-5-4-6-14(15)19(22)23/h4-12H,3H2,1-2H3,(H,20,21)(H,22,23). The molecule has 0 fully saturated rings. The summed E-state index contributed by atoms with van der Waals surface area (Å²) in [6.45, 7) is 2.41. The van der Waals surface area contributed by atoms with Gasteiger partial charge in [0.05, 0.1) is 25.0 Å². The SMILES string of the molecule is CCOc1ccc(C=CC(=O)Nc2ccccc2C(=O)O)cc1OC. The number of anilines is 1. The average Bonchev–Trinajstić information content (AvgIpc) is 2.61. The highest BCUT2D eigenvalue weighted by atomic mass is 16.5. The molecule has 2 N–H and O–H groups in total. The number of carbonyl (C=O) groups is 2. The van der Waals surface area contributed by atoms with Crippen molar-refractivity contribution in [3.8, 4) is 11.5 Å². The Hall–Kier alpha value is -3.28. The predicted octanol–water partition coefficient (Wildman–Crippen LogP) is 3.44. The third kappa shape index (κ3) is 4.84. The number of ether oxygens (including phenoxy) is 2. The number of hydrogen-bond acceptors (Lipinski definition) is 4. The number of nitrogens with one attached hydrogen (secondary N) is 1. The summed E-state index contributed by atoms with van der Waals surface area (Å²) < 4.78 is 10.7. The smallest absolute Gasteiger partial charge is 0.337 e. The highest BCUT2D eigenvalue weighted by Crippen LogP contribution is 2.28. The Kier molecular flexibility index (Phi) is 6.17. The number of benzene rings is 2. The van der Waals surface area contributed by atoms with Gasteiger partial charge < -0.3 is 19.9 Å². The van der Waals surface area contributed by atoms with Gasteiger partial charge in [0.25, 0.3) is 0 Å². The van der Waals surface area contributed by atoms with Crippen molar-refractivity contribution in [3.05, 3.63) is 59.7 Å². The summed E-state index contributed by atoms with van der Waals surface area (Å²) in [5.74, 6) is -0.333. The van der Waals surface area contributed by atoms with Gasteiger partial charge in [-0.2, -0.15) is 0 Å². The van der Waals surface area contributed by atoms with E-state index in [0.717, 1.165) is 5.56 Å². The van der Waals surface area contributed by atoms with Crippen LogP contribution in [0.1, 0.15) is 22.8 Å². The van der Waals surface area contributed by atoms with Gasteiger partial charge in [-0.25, -0.2) is 4.79 Å². The zero-order valence-electron chi connectivity index (χ0n) is 14.0. The molecule has 0 radical (unpaired) electrons. The third-order valence-electron chi connectivity index (χ3n) is 3.33. The van der Waals surface area contributed by atoms with Gasteiger partial charge in [-0.05, 0) is 42.8 Å². The molecule has 1 amide bonds. The van der Waals surface area contributed by atoms with Crippen LogP contribution in [0, 0.1) is 0 Å². The second-order valence-electron chi connectivity index (χ2n) is 5.02. The first-order valence-electron chi connectivity index (χ1n) is 7.67. The Balaban J connectivity index is 2.12. The van der Waals surface area contributed by atoms with Gasteiger partial charge in [-0.15, -0.1) is 0 Å². The quantitative estimate of drug-likeness (QED) is 0.754. The van der Waals surface area contributed by atoms with Gasteiger partial charge in [0.15, 0.2) is 11.5 Å². The fourth-order valence-corrected chi connectivity index (χ4v) is 2.19. The first kappa shape index (κ1) is 18.1. The minimum atomic E-state index is -1.10. The molecule has 2 rings (SSSR count). The largest absolute Gasteiger partial charge is 0.493 e. The maximum absolute atomic E-state index is 12.0. The molecule has 0 atom stereocenters. The van der Waals surface area contributed by atoms with E-state index in [-0.39, 0.29) is 11.3 Å². The highest BCUT2D eigenvalue weighted by molar-refractivity contribution is 6.06. The van der Waals surface area contributed by atoms with Crippen molar-refractivity contribution in [3.63, 3.8) is 0 Å². The van der Waals surface area contributed by atoms with Crippen LogP contribution >= 0.6 is 0 Å². The van der Waals surface area contributed by atoms with Gasteiger partial charge in [0.2, 0.25) is 5.91 Å². The molecule has 6 heteroatoms. The maximum atomic E-state index is 12.0. The predicted molar refractivity (Wildman–Crippen MR) is 95.2 cm³/mol. The van der Waals surface area contributed by atoms with E-state index in [1.165, 1.54) is 18.2 Å². The summed E-state index contributed by atoms with van der Waals surface area (Å²) in [5, 5.41) is 11.7. The minimum Gasteiger partial charge on any atom is -0.493 e. The van der Waals surface area contributed by atoms with Crippen molar-refractivity contribution >= 4 is 23.6 Å². The van der Waals surface area contributed by atoms with Crippen LogP contribution in [-0.4, -0.2) is 30.7 Å². The van der Waals surface area contributed by atoms with E-state index in [1.54, 1.807) is 43.5 Å². The molecule has 25 heavy (non-hydrogen) atoms. The Morgan fingerprint density at radius 3 is 2.60 bits per heavy atom. The van der Waals surface area contributed by atoms with Crippen LogP contribution in [-0.2, 0) is 4.79 Å². The van der Waals surface area contributed by atoms with E-state index in [4.69, 9.17) is 14.6 Å². The van der Waals surface area contributed by atoms with Crippen LogP contribution in [0.15, 0.2) is 48.5 Å². The van der Waals surface area contributed by atoms with Crippen LogP contribution in [0.5, 0.6) is 11.5 Å². The third-order valence-corrected chi connectivity index (χ3v) is 3.33. The Morgan fingerprint density at radius 2 is 1.92 bits per heavy atom. The molecule has 0 unspecified atom stereocenters. The van der Waals surface area contributed by atoms with Crippen LogP contribution in [0.3, 0.4) is 0 Å².